The highest BCUT2D eigenvalue weighted by Gasteiger charge is 2.23. The van der Waals surface area contributed by atoms with E-state index in [1.54, 1.807) is 0 Å². The molecule has 14 heavy (non-hydrogen) atoms. The van der Waals surface area contributed by atoms with Crippen LogP contribution in [0.25, 0.3) is 0 Å². The molecule has 0 radical (unpaired) electrons. The maximum absolute atomic E-state index is 12.6. The number of ether oxygens (including phenoxy) is 2. The van der Waals surface area contributed by atoms with Gasteiger partial charge in [-0.3, -0.25) is 0 Å². The van der Waals surface area contributed by atoms with Crippen molar-refractivity contribution >= 4 is 15.9 Å². The largest absolute Gasteiger partial charge is 0.495 e. The van der Waals surface area contributed by atoms with E-state index in [4.69, 9.17) is 9.47 Å². The molecule has 1 aromatic rings. The predicted molar refractivity (Wildman–Crippen MR) is 50.0 cm³/mol. The average molecular weight is 268 g/mol. The molecule has 0 aliphatic heterocycles. The normalized spacial score (nSPS) is 10.4. The van der Waals surface area contributed by atoms with Gasteiger partial charge in [0.2, 0.25) is 5.88 Å². The summed E-state index contributed by atoms with van der Waals surface area (Å²) in [6.45, 7) is 0. The summed E-state index contributed by atoms with van der Waals surface area (Å²) in [6.07, 6.45) is -1.34. The van der Waals surface area contributed by atoms with E-state index in [-0.39, 0.29) is 17.2 Å². The number of halogens is 3. The first kappa shape index (κ1) is 11.2. The lowest BCUT2D eigenvalue weighted by Crippen LogP contribution is -2.00. The maximum Gasteiger partial charge on any atom is 0.272 e. The van der Waals surface area contributed by atoms with E-state index in [2.05, 4.69) is 20.9 Å². The van der Waals surface area contributed by atoms with Gasteiger partial charge in [0.05, 0.1) is 18.7 Å². The number of hydrogen-bond donors (Lipinski definition) is 0. The van der Waals surface area contributed by atoms with E-state index >= 15 is 0 Å². The van der Waals surface area contributed by atoms with E-state index in [1.807, 2.05) is 0 Å². The third-order valence-electron chi connectivity index (χ3n) is 1.60. The van der Waals surface area contributed by atoms with Crippen molar-refractivity contribution in [3.8, 4) is 11.6 Å². The molecule has 0 aromatic carbocycles. The maximum atomic E-state index is 12.6. The Bertz CT molecular complexity index is 333. The molecule has 0 bridgehead atoms. The molecule has 0 unspecified atom stereocenters. The zero-order chi connectivity index (χ0) is 10.7. The lowest BCUT2D eigenvalue weighted by atomic mass is 10.2. The Labute approximate surface area is 88.2 Å². The van der Waals surface area contributed by atoms with E-state index in [0.29, 0.717) is 4.47 Å². The second-order valence-electron chi connectivity index (χ2n) is 2.36. The van der Waals surface area contributed by atoms with Crippen LogP contribution >= 0.6 is 15.9 Å². The van der Waals surface area contributed by atoms with Crippen LogP contribution in [-0.4, -0.2) is 19.2 Å². The summed E-state index contributed by atoms with van der Waals surface area (Å²) in [5, 5.41) is 0. The van der Waals surface area contributed by atoms with E-state index < -0.39 is 6.43 Å². The third-order valence-corrected chi connectivity index (χ3v) is 2.17. The fraction of sp³-hybridized carbons (Fsp3) is 0.375. The topological polar surface area (TPSA) is 31.4 Å². The van der Waals surface area contributed by atoms with Crippen LogP contribution in [0.2, 0.25) is 0 Å². The molecule has 0 aliphatic carbocycles. The minimum absolute atomic E-state index is 0.0480. The summed E-state index contributed by atoms with van der Waals surface area (Å²) in [4.78, 5) is 3.70. The van der Waals surface area contributed by atoms with Crippen LogP contribution in [0.5, 0.6) is 11.6 Å². The zero-order valence-corrected chi connectivity index (χ0v) is 9.14. The monoisotopic (exact) mass is 267 g/mol. The summed E-state index contributed by atoms with van der Waals surface area (Å²) >= 11 is 3.06. The molecule has 1 aromatic heterocycles. The van der Waals surface area contributed by atoms with Crippen molar-refractivity contribution in [1.29, 1.82) is 0 Å². The third kappa shape index (κ3) is 1.95. The molecule has 1 heterocycles. The minimum atomic E-state index is -2.69. The predicted octanol–water partition coefficient (Wildman–Crippen LogP) is 2.80. The molecule has 0 amide bonds. The molecule has 0 saturated heterocycles. The van der Waals surface area contributed by atoms with Gasteiger partial charge in [-0.1, -0.05) is 0 Å². The zero-order valence-electron chi connectivity index (χ0n) is 7.55. The number of alkyl halides is 2. The summed E-state index contributed by atoms with van der Waals surface area (Å²) in [5.41, 5.74) is -0.343. The van der Waals surface area contributed by atoms with Gasteiger partial charge in [0.15, 0.2) is 0 Å². The van der Waals surface area contributed by atoms with Gasteiger partial charge < -0.3 is 9.47 Å². The fourth-order valence-electron chi connectivity index (χ4n) is 1.03. The number of rotatable bonds is 3. The van der Waals surface area contributed by atoms with Gasteiger partial charge in [0, 0.05) is 6.20 Å². The second kappa shape index (κ2) is 4.54. The van der Waals surface area contributed by atoms with Gasteiger partial charge in [0.1, 0.15) is 11.3 Å². The second-order valence-corrected chi connectivity index (χ2v) is 3.22. The van der Waals surface area contributed by atoms with E-state index in [1.165, 1.54) is 20.4 Å². The molecule has 0 spiro atoms. The molecule has 0 N–H and O–H groups in total. The fourth-order valence-corrected chi connectivity index (χ4v) is 1.51. The highest BCUT2D eigenvalue weighted by atomic mass is 79.9. The van der Waals surface area contributed by atoms with Crippen molar-refractivity contribution in [2.45, 2.75) is 6.43 Å². The Kier molecular flexibility index (Phi) is 3.62. The molecule has 0 saturated carbocycles. The highest BCUT2D eigenvalue weighted by Crippen LogP contribution is 2.39. The van der Waals surface area contributed by atoms with Crippen LogP contribution in [0.3, 0.4) is 0 Å². The van der Waals surface area contributed by atoms with Gasteiger partial charge in [0.25, 0.3) is 6.43 Å². The van der Waals surface area contributed by atoms with Gasteiger partial charge in [-0.15, -0.1) is 0 Å². The molecule has 0 atom stereocenters. The van der Waals surface area contributed by atoms with Crippen LogP contribution in [-0.2, 0) is 0 Å². The first-order valence-corrected chi connectivity index (χ1v) is 4.45. The first-order valence-electron chi connectivity index (χ1n) is 3.66. The lowest BCUT2D eigenvalue weighted by molar-refractivity contribution is 0.141. The molecule has 0 aliphatic rings. The number of pyridine rings is 1. The molecule has 78 valence electrons. The number of methoxy groups -OCH3 is 2. The van der Waals surface area contributed by atoms with E-state index in [0.717, 1.165) is 0 Å². The highest BCUT2D eigenvalue weighted by molar-refractivity contribution is 9.10. The van der Waals surface area contributed by atoms with Crippen molar-refractivity contribution in [3.63, 3.8) is 0 Å². The average Bonchev–Trinajstić information content (AvgIpc) is 2.17. The van der Waals surface area contributed by atoms with Crippen molar-refractivity contribution in [2.24, 2.45) is 0 Å². The number of nitrogens with zero attached hydrogens (tertiary/aromatic N) is 1. The van der Waals surface area contributed by atoms with Crippen LogP contribution < -0.4 is 9.47 Å². The number of hydrogen-bond acceptors (Lipinski definition) is 3. The Morgan fingerprint density at radius 1 is 1.36 bits per heavy atom. The summed E-state index contributed by atoms with van der Waals surface area (Å²) in [6, 6.07) is 0. The van der Waals surface area contributed by atoms with Crippen molar-refractivity contribution in [1.82, 2.24) is 4.98 Å². The molecule has 3 nitrogen and oxygen atoms in total. The van der Waals surface area contributed by atoms with Gasteiger partial charge in [-0.25, -0.2) is 13.8 Å². The van der Waals surface area contributed by atoms with Crippen LogP contribution in [0, 0.1) is 0 Å². The van der Waals surface area contributed by atoms with Crippen molar-refractivity contribution < 1.29 is 18.3 Å². The summed E-state index contributed by atoms with van der Waals surface area (Å²) in [5.74, 6) is -0.0769. The van der Waals surface area contributed by atoms with Gasteiger partial charge in [-0.2, -0.15) is 0 Å². The van der Waals surface area contributed by atoms with Gasteiger partial charge >= 0.3 is 0 Å². The lowest BCUT2D eigenvalue weighted by Gasteiger charge is -2.12. The Morgan fingerprint density at radius 3 is 2.43 bits per heavy atom. The molecule has 1 rings (SSSR count). The summed E-state index contributed by atoms with van der Waals surface area (Å²) in [7, 11) is 2.59. The molecular formula is C8H8BrF2NO2. The quantitative estimate of drug-likeness (QED) is 0.844. The Morgan fingerprint density at radius 2 is 2.00 bits per heavy atom. The first-order chi connectivity index (χ1) is 6.61. The van der Waals surface area contributed by atoms with Crippen molar-refractivity contribution in [3.05, 3.63) is 16.2 Å². The van der Waals surface area contributed by atoms with Crippen LogP contribution in [0.15, 0.2) is 10.7 Å². The standard InChI is InChI=1S/C8H8BrF2NO2/c1-13-6-4(9)3-12-8(14-2)5(6)7(10)11/h3,7H,1-2H3. The smallest absolute Gasteiger partial charge is 0.272 e. The number of aromatic nitrogens is 1. The Hall–Kier alpha value is -0.910. The van der Waals surface area contributed by atoms with Gasteiger partial charge in [-0.05, 0) is 15.9 Å². The molecule has 6 heteroatoms. The van der Waals surface area contributed by atoms with E-state index in [9.17, 15) is 8.78 Å². The Balaban J connectivity index is 3.36. The molecule has 0 fully saturated rings. The summed E-state index contributed by atoms with van der Waals surface area (Å²) < 4.78 is 35.2. The van der Waals surface area contributed by atoms with Crippen LogP contribution in [0.4, 0.5) is 8.78 Å². The van der Waals surface area contributed by atoms with Crippen molar-refractivity contribution in [2.75, 3.05) is 14.2 Å². The van der Waals surface area contributed by atoms with Crippen LogP contribution in [0.1, 0.15) is 12.0 Å². The minimum Gasteiger partial charge on any atom is -0.495 e. The SMILES string of the molecule is COc1ncc(Br)c(OC)c1C(F)F. The molecular weight excluding hydrogens is 260 g/mol.